The van der Waals surface area contributed by atoms with Gasteiger partial charge in [0.15, 0.2) is 0 Å². The first-order valence-electron chi connectivity index (χ1n) is 14.1. The molecule has 0 aliphatic heterocycles. The maximum Gasteiger partial charge on any atom is 0.254 e. The third kappa shape index (κ3) is 8.93. The highest BCUT2D eigenvalue weighted by Gasteiger charge is 2.24. The summed E-state index contributed by atoms with van der Waals surface area (Å²) in [7, 11) is 1.63. The van der Waals surface area contributed by atoms with Crippen molar-refractivity contribution >= 4 is 11.8 Å². The van der Waals surface area contributed by atoms with Crippen LogP contribution in [0.5, 0.6) is 5.75 Å². The number of aryl methyl sites for hydroxylation is 1. The SMILES string of the molecule is CCCN(CCC)C(=O)c1cc(C(=O)NC(Cc2ccccc2)C(O)CNCc2cccc(OC)c2)ccc1C. The molecule has 7 nitrogen and oxygen atoms in total. The zero-order valence-corrected chi connectivity index (χ0v) is 24.2. The molecule has 2 amide bonds. The Morgan fingerprint density at radius 3 is 2.30 bits per heavy atom. The van der Waals surface area contributed by atoms with E-state index >= 15 is 0 Å². The number of nitrogens with zero attached hydrogens (tertiary/aromatic N) is 1. The summed E-state index contributed by atoms with van der Waals surface area (Å²) in [5.41, 5.74) is 3.81. The maximum atomic E-state index is 13.4. The van der Waals surface area contributed by atoms with Crippen LogP contribution in [-0.2, 0) is 13.0 Å². The lowest BCUT2D eigenvalue weighted by molar-refractivity contribution is 0.0754. The first kappa shape index (κ1) is 30.9. The van der Waals surface area contributed by atoms with Gasteiger partial charge in [-0.1, -0.05) is 62.4 Å². The van der Waals surface area contributed by atoms with Gasteiger partial charge in [-0.25, -0.2) is 0 Å². The van der Waals surface area contributed by atoms with Crippen LogP contribution >= 0.6 is 0 Å². The molecule has 0 aliphatic carbocycles. The van der Waals surface area contributed by atoms with Crippen molar-refractivity contribution in [1.29, 1.82) is 0 Å². The number of rotatable bonds is 15. The van der Waals surface area contributed by atoms with Crippen molar-refractivity contribution < 1.29 is 19.4 Å². The van der Waals surface area contributed by atoms with Crippen LogP contribution in [0, 0.1) is 6.92 Å². The number of aliphatic hydroxyl groups is 1. The lowest BCUT2D eigenvalue weighted by atomic mass is 9.99. The molecular formula is C33H43N3O4. The van der Waals surface area contributed by atoms with E-state index in [9.17, 15) is 14.7 Å². The van der Waals surface area contributed by atoms with E-state index in [0.29, 0.717) is 37.2 Å². The van der Waals surface area contributed by atoms with Gasteiger partial charge < -0.3 is 25.4 Å². The smallest absolute Gasteiger partial charge is 0.254 e. The molecule has 0 radical (unpaired) electrons. The number of amides is 2. The molecular weight excluding hydrogens is 502 g/mol. The molecule has 214 valence electrons. The summed E-state index contributed by atoms with van der Waals surface area (Å²) < 4.78 is 5.29. The summed E-state index contributed by atoms with van der Waals surface area (Å²) in [6, 6.07) is 22.2. The molecule has 2 unspecified atom stereocenters. The van der Waals surface area contributed by atoms with E-state index in [0.717, 1.165) is 35.3 Å². The number of aliphatic hydroxyl groups excluding tert-OH is 1. The third-order valence-corrected chi connectivity index (χ3v) is 6.90. The first-order valence-corrected chi connectivity index (χ1v) is 14.1. The van der Waals surface area contributed by atoms with Crippen molar-refractivity contribution in [3.8, 4) is 5.75 Å². The highest BCUT2D eigenvalue weighted by atomic mass is 16.5. The molecule has 0 aromatic heterocycles. The van der Waals surface area contributed by atoms with E-state index in [1.807, 2.05) is 72.5 Å². The van der Waals surface area contributed by atoms with Crippen molar-refractivity contribution in [3.05, 3.63) is 101 Å². The van der Waals surface area contributed by atoms with Crippen LogP contribution in [0.3, 0.4) is 0 Å². The standard InChI is InChI=1S/C33H43N3O4/c1-5-17-36(18-6-2)33(39)29-21-27(16-15-24(29)3)32(38)35-30(20-25-11-8-7-9-12-25)31(37)23-34-22-26-13-10-14-28(19-26)40-4/h7-16,19,21,30-31,34,37H,5-6,17-18,20,22-23H2,1-4H3,(H,35,38). The average molecular weight is 546 g/mol. The molecule has 0 bridgehead atoms. The van der Waals surface area contributed by atoms with E-state index in [4.69, 9.17) is 4.74 Å². The number of hydrogen-bond donors (Lipinski definition) is 3. The lowest BCUT2D eigenvalue weighted by Crippen LogP contribution is -2.48. The molecule has 40 heavy (non-hydrogen) atoms. The van der Waals surface area contributed by atoms with Gasteiger partial charge >= 0.3 is 0 Å². The van der Waals surface area contributed by atoms with E-state index in [-0.39, 0.29) is 18.4 Å². The number of methoxy groups -OCH3 is 1. The van der Waals surface area contributed by atoms with Crippen LogP contribution in [0.25, 0.3) is 0 Å². The van der Waals surface area contributed by atoms with Gasteiger partial charge in [-0.15, -0.1) is 0 Å². The van der Waals surface area contributed by atoms with E-state index in [2.05, 4.69) is 24.5 Å². The zero-order valence-electron chi connectivity index (χ0n) is 24.2. The minimum Gasteiger partial charge on any atom is -0.497 e. The van der Waals surface area contributed by atoms with Crippen molar-refractivity contribution in [1.82, 2.24) is 15.5 Å². The fraction of sp³-hybridized carbons (Fsp3) is 0.394. The van der Waals surface area contributed by atoms with Crippen LogP contribution in [-0.4, -0.2) is 60.7 Å². The second-order valence-corrected chi connectivity index (χ2v) is 10.1. The topological polar surface area (TPSA) is 90.9 Å². The third-order valence-electron chi connectivity index (χ3n) is 6.90. The Morgan fingerprint density at radius 2 is 1.62 bits per heavy atom. The molecule has 3 aromatic carbocycles. The molecule has 3 aromatic rings. The van der Waals surface area contributed by atoms with Crippen LogP contribution in [0.2, 0.25) is 0 Å². The van der Waals surface area contributed by atoms with E-state index in [1.54, 1.807) is 19.2 Å². The summed E-state index contributed by atoms with van der Waals surface area (Å²) in [6.45, 7) is 8.19. The monoisotopic (exact) mass is 545 g/mol. The average Bonchev–Trinajstić information content (AvgIpc) is 2.97. The highest BCUT2D eigenvalue weighted by Crippen LogP contribution is 2.17. The largest absolute Gasteiger partial charge is 0.497 e. The number of carbonyl (C=O) groups is 2. The van der Waals surface area contributed by atoms with Gasteiger partial charge in [0.25, 0.3) is 11.8 Å². The molecule has 3 rings (SSSR count). The Labute approximate surface area is 238 Å². The van der Waals surface area contributed by atoms with Crippen LogP contribution in [0.1, 0.15) is 64.1 Å². The molecule has 7 heteroatoms. The molecule has 0 fully saturated rings. The first-order chi connectivity index (χ1) is 19.4. The Balaban J connectivity index is 1.75. The van der Waals surface area contributed by atoms with Gasteiger partial charge in [0.05, 0.1) is 19.3 Å². The molecule has 0 saturated heterocycles. The summed E-state index contributed by atoms with van der Waals surface area (Å²) in [5.74, 6) is 0.398. The number of carbonyl (C=O) groups excluding carboxylic acids is 2. The Morgan fingerprint density at radius 1 is 0.925 bits per heavy atom. The van der Waals surface area contributed by atoms with Crippen LogP contribution in [0.15, 0.2) is 72.8 Å². The van der Waals surface area contributed by atoms with Crippen molar-refractivity contribution in [2.45, 2.75) is 58.7 Å². The number of benzene rings is 3. The minimum atomic E-state index is -0.842. The summed E-state index contributed by atoms with van der Waals surface area (Å²) in [4.78, 5) is 28.6. The second kappa shape index (κ2) is 15.8. The number of nitrogens with one attached hydrogen (secondary N) is 2. The Kier molecular flexibility index (Phi) is 12.2. The van der Waals surface area contributed by atoms with Gasteiger partial charge in [0, 0.05) is 37.3 Å². The predicted molar refractivity (Wildman–Crippen MR) is 160 cm³/mol. The predicted octanol–water partition coefficient (Wildman–Crippen LogP) is 4.76. The molecule has 0 heterocycles. The minimum absolute atomic E-state index is 0.0570. The van der Waals surface area contributed by atoms with Crippen LogP contribution in [0.4, 0.5) is 0 Å². The number of ether oxygens (including phenoxy) is 1. The lowest BCUT2D eigenvalue weighted by Gasteiger charge is -2.25. The molecule has 3 N–H and O–H groups in total. The highest BCUT2D eigenvalue weighted by molar-refractivity contribution is 6.00. The van der Waals surface area contributed by atoms with Gasteiger partial charge in [-0.3, -0.25) is 9.59 Å². The fourth-order valence-electron chi connectivity index (χ4n) is 4.71. The van der Waals surface area contributed by atoms with Crippen LogP contribution < -0.4 is 15.4 Å². The fourth-order valence-corrected chi connectivity index (χ4v) is 4.71. The summed E-state index contributed by atoms with van der Waals surface area (Å²) >= 11 is 0. The van der Waals surface area contributed by atoms with Crippen molar-refractivity contribution in [2.75, 3.05) is 26.7 Å². The molecule has 0 aliphatic rings. The number of hydrogen-bond acceptors (Lipinski definition) is 5. The zero-order chi connectivity index (χ0) is 28.9. The maximum absolute atomic E-state index is 13.4. The van der Waals surface area contributed by atoms with Gasteiger partial charge in [0.2, 0.25) is 0 Å². The quantitative estimate of drug-likeness (QED) is 0.256. The van der Waals surface area contributed by atoms with E-state index < -0.39 is 12.1 Å². The Bertz CT molecular complexity index is 1230. The molecule has 0 saturated carbocycles. The normalized spacial score (nSPS) is 12.4. The molecule has 0 spiro atoms. The Hall–Kier alpha value is -3.68. The van der Waals surface area contributed by atoms with Gasteiger partial charge in [-0.2, -0.15) is 0 Å². The van der Waals surface area contributed by atoms with Gasteiger partial charge in [-0.05, 0) is 67.1 Å². The second-order valence-electron chi connectivity index (χ2n) is 10.1. The van der Waals surface area contributed by atoms with Crippen molar-refractivity contribution in [2.24, 2.45) is 0 Å². The van der Waals surface area contributed by atoms with Crippen molar-refractivity contribution in [3.63, 3.8) is 0 Å². The van der Waals surface area contributed by atoms with E-state index in [1.165, 1.54) is 0 Å². The summed E-state index contributed by atoms with van der Waals surface area (Å²) in [5, 5.41) is 17.5. The van der Waals surface area contributed by atoms with Gasteiger partial charge in [0.1, 0.15) is 5.75 Å². The summed E-state index contributed by atoms with van der Waals surface area (Å²) in [6.07, 6.45) is 1.37. The molecule has 2 atom stereocenters.